The molecule has 0 saturated carbocycles. The number of aromatic amines is 1. The van der Waals surface area contributed by atoms with E-state index in [0.717, 1.165) is 34.9 Å². The summed E-state index contributed by atoms with van der Waals surface area (Å²) in [5.41, 5.74) is 4.72. The lowest BCUT2D eigenvalue weighted by molar-refractivity contribution is 0.415. The van der Waals surface area contributed by atoms with Crippen molar-refractivity contribution in [1.82, 2.24) is 19.5 Å². The van der Waals surface area contributed by atoms with E-state index in [1.165, 1.54) is 0 Å². The molecule has 3 heterocycles. The van der Waals surface area contributed by atoms with Gasteiger partial charge in [0.05, 0.1) is 18.5 Å². The van der Waals surface area contributed by atoms with Gasteiger partial charge in [-0.3, -0.25) is 10.1 Å². The average molecular weight is 442 g/mol. The van der Waals surface area contributed by atoms with Crippen molar-refractivity contribution in [2.75, 3.05) is 25.5 Å². The van der Waals surface area contributed by atoms with Crippen molar-refractivity contribution in [2.45, 2.75) is 38.0 Å². The molecule has 0 amide bonds. The summed E-state index contributed by atoms with van der Waals surface area (Å²) in [4.78, 5) is 4.98. The number of anilines is 2. The summed E-state index contributed by atoms with van der Waals surface area (Å²) in [7, 11) is -1.95. The quantitative estimate of drug-likeness (QED) is 0.606. The molecule has 1 aromatic carbocycles. The maximum Gasteiger partial charge on any atom is 0.246 e. The Morgan fingerprint density at radius 1 is 1.13 bits per heavy atom. The third kappa shape index (κ3) is 4.28. The first-order chi connectivity index (χ1) is 14.8. The van der Waals surface area contributed by atoms with E-state index in [0.29, 0.717) is 24.5 Å². The second-order valence-corrected chi connectivity index (χ2v) is 9.76. The van der Waals surface area contributed by atoms with Crippen LogP contribution < -0.4 is 10.1 Å². The van der Waals surface area contributed by atoms with Crippen molar-refractivity contribution in [1.29, 1.82) is 0 Å². The minimum absolute atomic E-state index is 0.0404. The zero-order chi connectivity index (χ0) is 22.2. The molecule has 8 nitrogen and oxygen atoms in total. The van der Waals surface area contributed by atoms with E-state index >= 15 is 0 Å². The van der Waals surface area contributed by atoms with Gasteiger partial charge in [0.2, 0.25) is 10.0 Å². The van der Waals surface area contributed by atoms with E-state index in [4.69, 9.17) is 9.72 Å². The summed E-state index contributed by atoms with van der Waals surface area (Å²) in [5.74, 6) is 0.839. The van der Waals surface area contributed by atoms with Gasteiger partial charge in [-0.1, -0.05) is 0 Å². The largest absolute Gasteiger partial charge is 0.497 e. The van der Waals surface area contributed by atoms with Crippen LogP contribution in [0.2, 0.25) is 0 Å². The lowest BCUT2D eigenvalue weighted by Crippen LogP contribution is -2.29. The first-order valence-corrected chi connectivity index (χ1v) is 11.6. The van der Waals surface area contributed by atoms with E-state index in [1.54, 1.807) is 25.3 Å². The van der Waals surface area contributed by atoms with Crippen LogP contribution in [-0.4, -0.2) is 48.1 Å². The molecule has 1 aliphatic heterocycles. The number of aryl methyl sites for hydroxylation is 3. The highest BCUT2D eigenvalue weighted by molar-refractivity contribution is 7.89. The number of hydrogen-bond acceptors (Lipinski definition) is 6. The molecule has 0 aliphatic carbocycles. The van der Waals surface area contributed by atoms with Gasteiger partial charge in [-0.15, -0.1) is 0 Å². The molecule has 2 aromatic heterocycles. The predicted octanol–water partition coefficient (Wildman–Crippen LogP) is 3.66. The molecule has 1 atom stereocenters. The van der Waals surface area contributed by atoms with Gasteiger partial charge in [-0.05, 0) is 63.6 Å². The number of aromatic nitrogens is 3. The smallest absolute Gasteiger partial charge is 0.246 e. The molecule has 0 unspecified atom stereocenters. The van der Waals surface area contributed by atoms with Crippen molar-refractivity contribution >= 4 is 21.4 Å². The Bertz CT molecular complexity index is 1170. The van der Waals surface area contributed by atoms with Gasteiger partial charge in [0.15, 0.2) is 0 Å². The molecule has 0 bridgehead atoms. The van der Waals surface area contributed by atoms with Gasteiger partial charge in [-0.25, -0.2) is 8.42 Å². The average Bonchev–Trinajstić information content (AvgIpc) is 3.36. The first kappa shape index (κ1) is 21.3. The molecule has 31 heavy (non-hydrogen) atoms. The summed E-state index contributed by atoms with van der Waals surface area (Å²) >= 11 is 0. The van der Waals surface area contributed by atoms with E-state index in [-0.39, 0.29) is 10.8 Å². The zero-order valence-corrected chi connectivity index (χ0v) is 19.0. The predicted molar refractivity (Wildman–Crippen MR) is 119 cm³/mol. The molecule has 1 fully saturated rings. The number of nitrogens with one attached hydrogen (secondary N) is 2. The second-order valence-electron chi connectivity index (χ2n) is 7.89. The fourth-order valence-electron chi connectivity index (χ4n) is 4.05. The topological polar surface area (TPSA) is 100 Å². The molecule has 3 aromatic rings. The number of rotatable bonds is 6. The monoisotopic (exact) mass is 441 g/mol. The highest BCUT2D eigenvalue weighted by atomic mass is 32.2. The summed E-state index contributed by atoms with van der Waals surface area (Å²) in [6, 6.07) is 11.7. The molecule has 2 N–H and O–H groups in total. The maximum absolute atomic E-state index is 13.2. The van der Waals surface area contributed by atoms with Crippen LogP contribution >= 0.6 is 0 Å². The molecule has 0 radical (unpaired) electrons. The number of sulfonamides is 1. The lowest BCUT2D eigenvalue weighted by atomic mass is 10.0. The van der Waals surface area contributed by atoms with Gasteiger partial charge in [0.1, 0.15) is 10.6 Å². The Labute approximate surface area is 182 Å². The van der Waals surface area contributed by atoms with Crippen LogP contribution in [0.5, 0.6) is 5.75 Å². The van der Waals surface area contributed by atoms with Gasteiger partial charge in [-0.2, -0.15) is 9.40 Å². The Hall–Kier alpha value is -2.91. The Morgan fingerprint density at radius 3 is 2.52 bits per heavy atom. The van der Waals surface area contributed by atoms with E-state index in [1.807, 2.05) is 43.3 Å². The molecule has 0 spiro atoms. The first-order valence-electron chi connectivity index (χ1n) is 10.2. The van der Waals surface area contributed by atoms with Crippen LogP contribution in [-0.2, 0) is 10.0 Å². The molecule has 9 heteroatoms. The van der Waals surface area contributed by atoms with Crippen molar-refractivity contribution in [3.05, 3.63) is 59.2 Å². The second kappa shape index (κ2) is 8.32. The van der Waals surface area contributed by atoms with Crippen LogP contribution in [0.15, 0.2) is 41.3 Å². The van der Waals surface area contributed by atoms with E-state index < -0.39 is 10.0 Å². The van der Waals surface area contributed by atoms with Gasteiger partial charge < -0.3 is 10.1 Å². The standard InChI is InChI=1S/C22H27N5O3S/c1-14-11-19(24-18-5-7-20(30-4)8-6-18)12-21(23-14)17-9-10-27(13-17)31(28,29)22-15(2)25-26-16(22)3/h5-8,11-12,17H,9-10,13H2,1-4H3,(H,23,24)(H,25,26)/t17-/m1/s1. The molecular formula is C22H27N5O3S. The summed E-state index contributed by atoms with van der Waals surface area (Å²) in [6.07, 6.45) is 0.730. The summed E-state index contributed by atoms with van der Waals surface area (Å²) in [5, 5.41) is 10.2. The number of methoxy groups -OCH3 is 1. The van der Waals surface area contributed by atoms with Crippen LogP contribution in [0, 0.1) is 20.8 Å². The molecular weight excluding hydrogens is 414 g/mol. The lowest BCUT2D eigenvalue weighted by Gasteiger charge is -2.17. The summed E-state index contributed by atoms with van der Waals surface area (Å²) < 4.78 is 33.1. The third-order valence-corrected chi connectivity index (χ3v) is 7.71. The van der Waals surface area contributed by atoms with E-state index in [9.17, 15) is 8.42 Å². The van der Waals surface area contributed by atoms with Crippen LogP contribution in [0.3, 0.4) is 0 Å². The Kier molecular flexibility index (Phi) is 5.72. The fraction of sp³-hybridized carbons (Fsp3) is 0.364. The van der Waals surface area contributed by atoms with Crippen LogP contribution in [0.1, 0.15) is 35.1 Å². The number of nitrogens with zero attached hydrogens (tertiary/aromatic N) is 3. The number of benzene rings is 1. The highest BCUT2D eigenvalue weighted by Crippen LogP contribution is 2.33. The van der Waals surface area contributed by atoms with E-state index in [2.05, 4.69) is 15.5 Å². The number of pyridine rings is 1. The molecule has 4 rings (SSSR count). The van der Waals surface area contributed by atoms with Crippen molar-refractivity contribution in [2.24, 2.45) is 0 Å². The number of hydrogen-bond donors (Lipinski definition) is 2. The van der Waals surface area contributed by atoms with Crippen LogP contribution in [0.25, 0.3) is 0 Å². The highest BCUT2D eigenvalue weighted by Gasteiger charge is 2.36. The Morgan fingerprint density at radius 2 is 1.87 bits per heavy atom. The van der Waals surface area contributed by atoms with Gasteiger partial charge >= 0.3 is 0 Å². The third-order valence-electron chi connectivity index (χ3n) is 5.58. The normalized spacial score (nSPS) is 17.1. The van der Waals surface area contributed by atoms with Gasteiger partial charge in [0, 0.05) is 41.8 Å². The number of ether oxygens (including phenoxy) is 1. The molecule has 1 aliphatic rings. The van der Waals surface area contributed by atoms with Crippen molar-refractivity contribution in [3.8, 4) is 5.75 Å². The van der Waals surface area contributed by atoms with Gasteiger partial charge in [0.25, 0.3) is 0 Å². The minimum Gasteiger partial charge on any atom is -0.497 e. The van der Waals surface area contributed by atoms with Crippen LogP contribution in [0.4, 0.5) is 11.4 Å². The Balaban J connectivity index is 1.54. The zero-order valence-electron chi connectivity index (χ0n) is 18.1. The summed E-state index contributed by atoms with van der Waals surface area (Å²) in [6.45, 7) is 6.27. The molecule has 164 valence electrons. The van der Waals surface area contributed by atoms with Crippen molar-refractivity contribution < 1.29 is 13.2 Å². The minimum atomic E-state index is -3.59. The fourth-order valence-corrected chi connectivity index (χ4v) is 5.89. The maximum atomic E-state index is 13.2. The SMILES string of the molecule is COc1ccc(Nc2cc(C)nc([C@@H]3CCN(S(=O)(=O)c4c(C)n[nH]c4C)C3)c2)cc1. The molecule has 1 saturated heterocycles. The van der Waals surface area contributed by atoms with Crippen molar-refractivity contribution in [3.63, 3.8) is 0 Å². The number of H-pyrrole nitrogens is 1.